The van der Waals surface area contributed by atoms with Gasteiger partial charge in [-0.1, -0.05) is 6.07 Å². The van der Waals surface area contributed by atoms with Crippen LogP contribution in [-0.4, -0.2) is 40.1 Å². The first-order chi connectivity index (χ1) is 14.5. The van der Waals surface area contributed by atoms with Gasteiger partial charge >= 0.3 is 0 Å². The van der Waals surface area contributed by atoms with Crippen LogP contribution >= 0.6 is 11.3 Å². The van der Waals surface area contributed by atoms with Gasteiger partial charge in [-0.25, -0.2) is 4.98 Å². The predicted molar refractivity (Wildman–Crippen MR) is 114 cm³/mol. The Morgan fingerprint density at radius 1 is 1.23 bits per heavy atom. The summed E-state index contributed by atoms with van der Waals surface area (Å²) in [5.41, 5.74) is 1.84. The summed E-state index contributed by atoms with van der Waals surface area (Å²) < 4.78 is 12.7. The van der Waals surface area contributed by atoms with Crippen LogP contribution in [0.25, 0.3) is 10.2 Å². The number of hydrogen-bond donors (Lipinski definition) is 0. The molecule has 7 nitrogen and oxygen atoms in total. The van der Waals surface area contributed by atoms with Crippen molar-refractivity contribution in [2.45, 2.75) is 39.3 Å². The molecule has 1 amide bonds. The molecule has 1 saturated heterocycles. The lowest BCUT2D eigenvalue weighted by molar-refractivity contribution is -0.132. The number of aromatic nitrogens is 2. The molecule has 0 aliphatic carbocycles. The smallest absolute Gasteiger partial charge is 0.262 e. The third-order valence-electron chi connectivity index (χ3n) is 5.99. The van der Waals surface area contributed by atoms with Crippen LogP contribution in [0.2, 0.25) is 0 Å². The van der Waals surface area contributed by atoms with Gasteiger partial charge in [-0.3, -0.25) is 14.2 Å². The van der Waals surface area contributed by atoms with E-state index in [0.29, 0.717) is 25.1 Å². The van der Waals surface area contributed by atoms with Crippen molar-refractivity contribution in [3.63, 3.8) is 0 Å². The minimum absolute atomic E-state index is 0.00282. The number of benzene rings is 1. The second-order valence-electron chi connectivity index (χ2n) is 7.79. The van der Waals surface area contributed by atoms with Crippen LogP contribution < -0.4 is 15.0 Å². The van der Waals surface area contributed by atoms with E-state index >= 15 is 0 Å². The molecular formula is C22H23N3O4S. The van der Waals surface area contributed by atoms with Crippen molar-refractivity contribution in [3.8, 4) is 11.5 Å². The van der Waals surface area contributed by atoms with Gasteiger partial charge in [0.2, 0.25) is 5.91 Å². The standard InChI is InChI=1S/C22H23N3O4S/c1-13-14(2)30-21-20(13)22(27)24(12-23-21)11-19(26)25-7-3-4-16(25)15-5-6-17-18(10-15)29-9-8-28-17/h5-6,10,12,16H,3-4,7-9,11H2,1-2H3/t16-/m0/s1. The van der Waals surface area contributed by atoms with Crippen molar-refractivity contribution < 1.29 is 14.3 Å². The molecule has 30 heavy (non-hydrogen) atoms. The van der Waals surface area contributed by atoms with Crippen LogP contribution in [0.4, 0.5) is 0 Å². The molecule has 0 N–H and O–H groups in total. The number of hydrogen-bond acceptors (Lipinski definition) is 6. The summed E-state index contributed by atoms with van der Waals surface area (Å²) in [5.74, 6) is 1.40. The Labute approximate surface area is 177 Å². The molecule has 0 radical (unpaired) electrons. The van der Waals surface area contributed by atoms with E-state index in [1.807, 2.05) is 36.9 Å². The van der Waals surface area contributed by atoms with Gasteiger partial charge in [0, 0.05) is 11.4 Å². The molecule has 1 atom stereocenters. The van der Waals surface area contributed by atoms with E-state index < -0.39 is 0 Å². The lowest BCUT2D eigenvalue weighted by Gasteiger charge is -2.27. The molecule has 2 aliphatic rings. The van der Waals surface area contributed by atoms with Gasteiger partial charge in [0.1, 0.15) is 24.6 Å². The molecule has 0 spiro atoms. The summed E-state index contributed by atoms with van der Waals surface area (Å²) in [6.07, 6.45) is 3.31. The minimum Gasteiger partial charge on any atom is -0.486 e. The quantitative estimate of drug-likeness (QED) is 0.644. The molecule has 1 aromatic carbocycles. The van der Waals surface area contributed by atoms with Crippen LogP contribution in [0, 0.1) is 13.8 Å². The first kappa shape index (κ1) is 19.1. The van der Waals surface area contributed by atoms with Crippen molar-refractivity contribution in [1.29, 1.82) is 0 Å². The van der Waals surface area contributed by atoms with Crippen molar-refractivity contribution in [1.82, 2.24) is 14.5 Å². The fourth-order valence-corrected chi connectivity index (χ4v) is 5.29. The number of carbonyl (C=O) groups excluding carboxylic acids is 1. The number of fused-ring (bicyclic) bond motifs is 2. The highest BCUT2D eigenvalue weighted by Crippen LogP contribution is 2.38. The molecule has 0 saturated carbocycles. The summed E-state index contributed by atoms with van der Waals surface area (Å²) in [6.45, 7) is 5.68. The van der Waals surface area contributed by atoms with E-state index in [9.17, 15) is 9.59 Å². The summed E-state index contributed by atoms with van der Waals surface area (Å²) in [6, 6.07) is 5.86. The first-order valence-corrected chi connectivity index (χ1v) is 11.0. The van der Waals surface area contributed by atoms with Crippen LogP contribution in [0.3, 0.4) is 0 Å². The van der Waals surface area contributed by atoms with Gasteiger partial charge in [-0.2, -0.15) is 0 Å². The third kappa shape index (κ3) is 3.15. The average molecular weight is 426 g/mol. The number of thiophene rings is 1. The molecule has 2 aliphatic heterocycles. The van der Waals surface area contributed by atoms with Crippen molar-refractivity contribution >= 4 is 27.5 Å². The molecule has 4 heterocycles. The Hall–Kier alpha value is -2.87. The van der Waals surface area contributed by atoms with Gasteiger partial charge in [0.05, 0.1) is 17.8 Å². The Kier molecular flexibility index (Phi) is 4.73. The normalized spacial score (nSPS) is 18.2. The van der Waals surface area contributed by atoms with Crippen LogP contribution in [-0.2, 0) is 11.3 Å². The second kappa shape index (κ2) is 7.43. The van der Waals surface area contributed by atoms with Crippen LogP contribution in [0.1, 0.15) is 34.9 Å². The molecule has 5 rings (SSSR count). The fraction of sp³-hybridized carbons (Fsp3) is 0.409. The first-order valence-electron chi connectivity index (χ1n) is 10.2. The molecule has 3 aromatic rings. The monoisotopic (exact) mass is 425 g/mol. The maximum atomic E-state index is 13.2. The maximum absolute atomic E-state index is 13.2. The Bertz CT molecular complexity index is 1200. The topological polar surface area (TPSA) is 73.7 Å². The van der Waals surface area contributed by atoms with E-state index in [1.54, 1.807) is 0 Å². The van der Waals surface area contributed by atoms with Gasteiger partial charge in [-0.15, -0.1) is 11.3 Å². The predicted octanol–water partition coefficient (Wildman–Crippen LogP) is 3.21. The number of aryl methyl sites for hydroxylation is 2. The molecule has 156 valence electrons. The molecule has 1 fully saturated rings. The maximum Gasteiger partial charge on any atom is 0.262 e. The number of ether oxygens (including phenoxy) is 2. The van der Waals surface area contributed by atoms with E-state index in [4.69, 9.17) is 9.47 Å². The van der Waals surface area contributed by atoms with Crippen LogP contribution in [0.15, 0.2) is 29.3 Å². The van der Waals surface area contributed by atoms with Crippen LogP contribution in [0.5, 0.6) is 11.5 Å². The highest BCUT2D eigenvalue weighted by molar-refractivity contribution is 7.18. The Morgan fingerprint density at radius 3 is 2.87 bits per heavy atom. The largest absolute Gasteiger partial charge is 0.486 e. The zero-order valence-electron chi connectivity index (χ0n) is 17.0. The number of carbonyl (C=O) groups is 1. The molecule has 8 heteroatoms. The van der Waals surface area contributed by atoms with Crippen molar-refractivity contribution in [2.75, 3.05) is 19.8 Å². The molecular weight excluding hydrogens is 402 g/mol. The fourth-order valence-electron chi connectivity index (χ4n) is 4.30. The molecule has 0 bridgehead atoms. The van der Waals surface area contributed by atoms with Crippen molar-refractivity contribution in [2.24, 2.45) is 0 Å². The van der Waals surface area contributed by atoms with E-state index in [2.05, 4.69) is 4.98 Å². The van der Waals surface area contributed by atoms with Gasteiger partial charge < -0.3 is 14.4 Å². The van der Waals surface area contributed by atoms with Gasteiger partial charge in [0.25, 0.3) is 5.56 Å². The number of amides is 1. The van der Waals surface area contributed by atoms with Gasteiger partial charge in [0.15, 0.2) is 11.5 Å². The molecule has 0 unspecified atom stereocenters. The number of rotatable bonds is 3. The second-order valence-corrected chi connectivity index (χ2v) is 8.99. The minimum atomic E-state index is -0.148. The summed E-state index contributed by atoms with van der Waals surface area (Å²) >= 11 is 1.51. The number of nitrogens with zero attached hydrogens (tertiary/aromatic N) is 3. The average Bonchev–Trinajstić information content (AvgIpc) is 3.35. The summed E-state index contributed by atoms with van der Waals surface area (Å²) in [7, 11) is 0. The zero-order valence-corrected chi connectivity index (χ0v) is 17.8. The number of likely N-dealkylation sites (tertiary alicyclic amines) is 1. The Balaban J connectivity index is 1.41. The molecule has 2 aromatic heterocycles. The highest BCUT2D eigenvalue weighted by atomic mass is 32.1. The highest BCUT2D eigenvalue weighted by Gasteiger charge is 2.31. The Morgan fingerprint density at radius 2 is 2.03 bits per heavy atom. The lowest BCUT2D eigenvalue weighted by atomic mass is 10.0. The third-order valence-corrected chi connectivity index (χ3v) is 7.10. The lowest BCUT2D eigenvalue weighted by Crippen LogP contribution is -2.36. The zero-order chi connectivity index (χ0) is 20.8. The summed E-state index contributed by atoms with van der Waals surface area (Å²) in [5, 5.41) is 0.623. The van der Waals surface area contributed by atoms with E-state index in [0.717, 1.165) is 45.2 Å². The van der Waals surface area contributed by atoms with Gasteiger partial charge in [-0.05, 0) is 49.9 Å². The SMILES string of the molecule is Cc1sc2ncn(CC(=O)N3CCC[C@H]3c3ccc4c(c3)OCCO4)c(=O)c2c1C. The van der Waals surface area contributed by atoms with E-state index in [1.165, 1.54) is 22.2 Å². The van der Waals surface area contributed by atoms with E-state index in [-0.39, 0.29) is 24.1 Å². The summed E-state index contributed by atoms with van der Waals surface area (Å²) in [4.78, 5) is 34.2. The van der Waals surface area contributed by atoms with Crippen molar-refractivity contribution in [3.05, 3.63) is 50.9 Å².